The Morgan fingerprint density at radius 1 is 0.281 bits per heavy atom. The van der Waals surface area contributed by atoms with Crippen LogP contribution in [0.3, 0.4) is 0 Å². The van der Waals surface area contributed by atoms with E-state index in [1.54, 1.807) is 0 Å². The van der Waals surface area contributed by atoms with Gasteiger partial charge in [0, 0.05) is 49.6 Å². The Labute approximate surface area is 330 Å². The molecule has 0 N–H and O–H groups in total. The summed E-state index contributed by atoms with van der Waals surface area (Å²) in [4.78, 5) is 2.38. The van der Waals surface area contributed by atoms with Crippen LogP contribution in [0.15, 0.2) is 221 Å². The Hall–Kier alpha value is -7.62. The van der Waals surface area contributed by atoms with Crippen molar-refractivity contribution < 1.29 is 8.83 Å². The maximum atomic E-state index is 6.45. The SMILES string of the molecule is c1ccc(-c2ccc(-c3ccccc3)c(N(c3ccc(-c4cccc5c4oc4ccccc45)cc3)c3ccc(-c4cccc5c4oc4ccccc45)cc3)c2)cc1. The molecule has 3 nitrogen and oxygen atoms in total. The van der Waals surface area contributed by atoms with E-state index in [2.05, 4.69) is 193 Å². The van der Waals surface area contributed by atoms with E-state index >= 15 is 0 Å². The van der Waals surface area contributed by atoms with Crippen molar-refractivity contribution in [2.24, 2.45) is 0 Å². The Morgan fingerprint density at radius 3 is 1.23 bits per heavy atom. The number of anilines is 3. The monoisotopic (exact) mass is 729 g/mol. The van der Waals surface area contributed by atoms with Crippen LogP contribution < -0.4 is 4.90 Å². The van der Waals surface area contributed by atoms with Gasteiger partial charge >= 0.3 is 0 Å². The normalized spacial score (nSPS) is 11.5. The highest BCUT2D eigenvalue weighted by Gasteiger charge is 2.20. The van der Waals surface area contributed by atoms with Crippen LogP contribution in [0.25, 0.3) is 88.4 Å². The molecule has 0 aliphatic carbocycles. The summed E-state index contributed by atoms with van der Waals surface area (Å²) in [7, 11) is 0. The Kier molecular flexibility index (Phi) is 7.82. The van der Waals surface area contributed by atoms with E-state index in [4.69, 9.17) is 8.83 Å². The molecule has 0 aliphatic heterocycles. The average molecular weight is 730 g/mol. The van der Waals surface area contributed by atoms with Crippen molar-refractivity contribution in [2.45, 2.75) is 0 Å². The smallest absolute Gasteiger partial charge is 0.143 e. The highest BCUT2D eigenvalue weighted by molar-refractivity contribution is 6.10. The fourth-order valence-electron chi connectivity index (χ4n) is 8.34. The Balaban J connectivity index is 1.08. The van der Waals surface area contributed by atoms with Gasteiger partial charge in [-0.05, 0) is 70.3 Å². The topological polar surface area (TPSA) is 29.5 Å². The quantitative estimate of drug-likeness (QED) is 0.164. The molecule has 9 aromatic carbocycles. The number of rotatable bonds is 7. The minimum atomic E-state index is 0.898. The van der Waals surface area contributed by atoms with Crippen LogP contribution in [-0.2, 0) is 0 Å². The zero-order chi connectivity index (χ0) is 37.7. The summed E-state index contributed by atoms with van der Waals surface area (Å²) in [6.45, 7) is 0. The van der Waals surface area contributed by atoms with Gasteiger partial charge in [-0.15, -0.1) is 0 Å². The predicted octanol–water partition coefficient (Wildman–Crippen LogP) is 15.6. The second-order valence-electron chi connectivity index (χ2n) is 14.5. The third kappa shape index (κ3) is 5.68. The largest absolute Gasteiger partial charge is 0.455 e. The molecule has 0 atom stereocenters. The lowest BCUT2D eigenvalue weighted by atomic mass is 9.96. The molecular formula is C54H35NO2. The maximum Gasteiger partial charge on any atom is 0.143 e. The Morgan fingerprint density at radius 2 is 0.702 bits per heavy atom. The molecule has 0 saturated heterocycles. The second kappa shape index (κ2) is 13.6. The van der Waals surface area contributed by atoms with Crippen LogP contribution in [0.5, 0.6) is 0 Å². The molecule has 0 spiro atoms. The third-order valence-corrected chi connectivity index (χ3v) is 11.1. The number of nitrogens with zero attached hydrogens (tertiary/aromatic N) is 1. The molecule has 0 aliphatic rings. The molecule has 0 unspecified atom stereocenters. The summed E-state index contributed by atoms with van der Waals surface area (Å²) < 4.78 is 12.9. The highest BCUT2D eigenvalue weighted by atomic mass is 16.3. The van der Waals surface area contributed by atoms with E-state index in [1.807, 2.05) is 24.3 Å². The lowest BCUT2D eigenvalue weighted by molar-refractivity contribution is 0.669. The zero-order valence-electron chi connectivity index (χ0n) is 31.0. The molecule has 0 fully saturated rings. The minimum Gasteiger partial charge on any atom is -0.455 e. The van der Waals surface area contributed by atoms with Crippen LogP contribution in [0, 0.1) is 0 Å². The zero-order valence-corrected chi connectivity index (χ0v) is 31.0. The molecule has 11 aromatic rings. The lowest BCUT2D eigenvalue weighted by Gasteiger charge is -2.29. The lowest BCUT2D eigenvalue weighted by Crippen LogP contribution is -2.11. The Bertz CT molecular complexity index is 3060. The molecule has 11 rings (SSSR count). The molecule has 0 radical (unpaired) electrons. The van der Waals surface area contributed by atoms with Gasteiger partial charge in [0.15, 0.2) is 0 Å². The van der Waals surface area contributed by atoms with Crippen LogP contribution in [0.2, 0.25) is 0 Å². The van der Waals surface area contributed by atoms with E-state index < -0.39 is 0 Å². The predicted molar refractivity (Wildman–Crippen MR) is 237 cm³/mol. The number of benzene rings is 9. The van der Waals surface area contributed by atoms with E-state index in [0.29, 0.717) is 0 Å². The summed E-state index contributed by atoms with van der Waals surface area (Å²) in [6.07, 6.45) is 0. The van der Waals surface area contributed by atoms with Crippen LogP contribution in [0.4, 0.5) is 17.1 Å². The number of para-hydroxylation sites is 4. The van der Waals surface area contributed by atoms with Crippen LogP contribution in [-0.4, -0.2) is 0 Å². The molecule has 3 heteroatoms. The first-order valence-corrected chi connectivity index (χ1v) is 19.3. The average Bonchev–Trinajstić information content (AvgIpc) is 3.87. The van der Waals surface area contributed by atoms with Gasteiger partial charge < -0.3 is 13.7 Å². The van der Waals surface area contributed by atoms with Gasteiger partial charge in [-0.25, -0.2) is 0 Å². The first-order chi connectivity index (χ1) is 28.3. The first-order valence-electron chi connectivity index (χ1n) is 19.3. The molecule has 0 bridgehead atoms. The second-order valence-corrected chi connectivity index (χ2v) is 14.5. The molecule has 57 heavy (non-hydrogen) atoms. The third-order valence-electron chi connectivity index (χ3n) is 11.1. The number of furan rings is 2. The van der Waals surface area contributed by atoms with E-state index in [9.17, 15) is 0 Å². The van der Waals surface area contributed by atoms with Crippen molar-refractivity contribution in [1.29, 1.82) is 0 Å². The van der Waals surface area contributed by atoms with Crippen molar-refractivity contribution in [3.8, 4) is 44.5 Å². The summed E-state index contributed by atoms with van der Waals surface area (Å²) in [5.41, 5.74) is 15.7. The van der Waals surface area contributed by atoms with Gasteiger partial charge in [0.1, 0.15) is 22.3 Å². The van der Waals surface area contributed by atoms with Crippen molar-refractivity contribution in [3.05, 3.63) is 212 Å². The van der Waals surface area contributed by atoms with Gasteiger partial charge in [-0.2, -0.15) is 0 Å². The number of hydrogen-bond donors (Lipinski definition) is 0. The van der Waals surface area contributed by atoms with E-state index in [0.717, 1.165) is 99.9 Å². The van der Waals surface area contributed by atoms with E-state index in [-0.39, 0.29) is 0 Å². The molecule has 0 saturated carbocycles. The summed E-state index contributed by atoms with van der Waals surface area (Å²) in [5, 5.41) is 4.50. The van der Waals surface area contributed by atoms with Crippen molar-refractivity contribution in [2.75, 3.05) is 4.90 Å². The van der Waals surface area contributed by atoms with Gasteiger partial charge in [0.05, 0.1) is 5.69 Å². The van der Waals surface area contributed by atoms with Crippen LogP contribution >= 0.6 is 0 Å². The number of hydrogen-bond acceptors (Lipinski definition) is 3. The molecule has 268 valence electrons. The fraction of sp³-hybridized carbons (Fsp3) is 0. The molecular weight excluding hydrogens is 695 g/mol. The first kappa shape index (κ1) is 32.8. The molecule has 2 heterocycles. The van der Waals surface area contributed by atoms with E-state index in [1.165, 1.54) is 5.56 Å². The molecule has 2 aromatic heterocycles. The highest BCUT2D eigenvalue weighted by Crippen LogP contribution is 2.45. The summed E-state index contributed by atoms with van der Waals surface area (Å²) in [6, 6.07) is 75.2. The van der Waals surface area contributed by atoms with Crippen molar-refractivity contribution in [3.63, 3.8) is 0 Å². The van der Waals surface area contributed by atoms with Gasteiger partial charge in [0.2, 0.25) is 0 Å². The number of fused-ring (bicyclic) bond motifs is 6. The van der Waals surface area contributed by atoms with Crippen molar-refractivity contribution in [1.82, 2.24) is 0 Å². The van der Waals surface area contributed by atoms with Crippen LogP contribution in [0.1, 0.15) is 0 Å². The standard InChI is InChI=1S/C54H35NO2/c1-3-13-36(14-4-1)40-29-34-43(37-15-5-2-6-16-37)50(35-40)55(41-30-25-38(26-31-41)44-19-11-21-48-46-17-7-9-23-51(46)56-53(44)48)42-32-27-39(28-33-42)45-20-12-22-49-47-18-8-10-24-52(47)57-54(45)49/h1-35H. The van der Waals surface area contributed by atoms with Crippen molar-refractivity contribution >= 4 is 60.9 Å². The summed E-state index contributed by atoms with van der Waals surface area (Å²) in [5.74, 6) is 0. The van der Waals surface area contributed by atoms with Gasteiger partial charge in [-0.1, -0.05) is 170 Å². The molecule has 0 amide bonds. The summed E-state index contributed by atoms with van der Waals surface area (Å²) >= 11 is 0. The fourth-order valence-corrected chi connectivity index (χ4v) is 8.34. The van der Waals surface area contributed by atoms with Gasteiger partial charge in [-0.3, -0.25) is 0 Å². The van der Waals surface area contributed by atoms with Gasteiger partial charge in [0.25, 0.3) is 0 Å². The minimum absolute atomic E-state index is 0.898. The maximum absolute atomic E-state index is 6.45.